The van der Waals surface area contributed by atoms with Crippen molar-refractivity contribution in [3.05, 3.63) is 23.8 Å². The maximum Gasteiger partial charge on any atom is 0.224 e. The maximum absolute atomic E-state index is 12.2. The van der Waals surface area contributed by atoms with Gasteiger partial charge in [-0.1, -0.05) is 6.07 Å². The number of nitrogens with one attached hydrogen (secondary N) is 2. The average Bonchev–Trinajstić information content (AvgIpc) is 3.26. The summed E-state index contributed by atoms with van der Waals surface area (Å²) in [6.07, 6.45) is 5.39. The third kappa shape index (κ3) is 7.43. The van der Waals surface area contributed by atoms with E-state index in [0.717, 1.165) is 49.5 Å². The van der Waals surface area contributed by atoms with E-state index in [1.165, 1.54) is 12.8 Å². The largest absolute Gasteiger partial charge is 0.493 e. The Bertz CT molecular complexity index is 683. The highest BCUT2D eigenvalue weighted by Gasteiger charge is 2.18. The number of hydrogen-bond acceptors (Lipinski definition) is 4. The summed E-state index contributed by atoms with van der Waals surface area (Å²) in [5, 5.41) is 6.49. The Hall–Kier alpha value is -2.44. The molecule has 0 bridgehead atoms. The summed E-state index contributed by atoms with van der Waals surface area (Å²) in [6, 6.07) is 5.98. The van der Waals surface area contributed by atoms with Gasteiger partial charge in [-0.2, -0.15) is 0 Å². The molecule has 7 nitrogen and oxygen atoms in total. The maximum atomic E-state index is 12.2. The quantitative estimate of drug-likeness (QED) is 0.426. The highest BCUT2D eigenvalue weighted by atomic mass is 16.5. The van der Waals surface area contributed by atoms with Crippen molar-refractivity contribution in [2.75, 3.05) is 33.3 Å². The summed E-state index contributed by atoms with van der Waals surface area (Å²) >= 11 is 0. The van der Waals surface area contributed by atoms with Gasteiger partial charge in [0.25, 0.3) is 0 Å². The second-order valence-corrected chi connectivity index (χ2v) is 7.45. The molecule has 1 aliphatic rings. The molecule has 0 aliphatic heterocycles. The lowest BCUT2D eigenvalue weighted by Gasteiger charge is -2.19. The van der Waals surface area contributed by atoms with Crippen LogP contribution >= 0.6 is 0 Å². The van der Waals surface area contributed by atoms with Crippen LogP contribution in [0.25, 0.3) is 0 Å². The first kappa shape index (κ1) is 23.8. The van der Waals surface area contributed by atoms with Gasteiger partial charge in [-0.3, -0.25) is 4.79 Å². The lowest BCUT2D eigenvalue weighted by Crippen LogP contribution is -2.40. The summed E-state index contributed by atoms with van der Waals surface area (Å²) in [6.45, 7) is 9.34. The fourth-order valence-corrected chi connectivity index (χ4v) is 3.63. The first-order chi connectivity index (χ1) is 14.6. The molecule has 1 saturated carbocycles. The first-order valence-electron chi connectivity index (χ1n) is 11.2. The molecule has 168 valence electrons. The number of rotatable bonds is 11. The average molecular weight is 419 g/mol. The third-order valence-corrected chi connectivity index (χ3v) is 5.34. The van der Waals surface area contributed by atoms with E-state index >= 15 is 0 Å². The second kappa shape index (κ2) is 13.0. The van der Waals surface area contributed by atoms with Gasteiger partial charge in [0.1, 0.15) is 0 Å². The van der Waals surface area contributed by atoms with Gasteiger partial charge in [0, 0.05) is 32.6 Å². The summed E-state index contributed by atoms with van der Waals surface area (Å²) in [7, 11) is 1.67. The normalized spacial score (nSPS) is 14.5. The van der Waals surface area contributed by atoms with Crippen molar-refractivity contribution in [2.24, 2.45) is 4.99 Å². The second-order valence-electron chi connectivity index (χ2n) is 7.45. The fourth-order valence-electron chi connectivity index (χ4n) is 3.63. The molecule has 0 unspecified atom stereocenters. The Morgan fingerprint density at radius 1 is 1.13 bits per heavy atom. The van der Waals surface area contributed by atoms with E-state index in [9.17, 15) is 4.79 Å². The van der Waals surface area contributed by atoms with Crippen LogP contribution in [0.1, 0.15) is 58.4 Å². The molecule has 0 saturated heterocycles. The minimum atomic E-state index is 0.159. The van der Waals surface area contributed by atoms with Crippen LogP contribution < -0.4 is 20.1 Å². The molecule has 0 aromatic heterocycles. The molecule has 2 rings (SSSR count). The number of carbonyl (C=O) groups excluding carboxylic acids is 1. The highest BCUT2D eigenvalue weighted by molar-refractivity contribution is 5.81. The lowest BCUT2D eigenvalue weighted by molar-refractivity contribution is -0.130. The van der Waals surface area contributed by atoms with Crippen molar-refractivity contribution >= 4 is 11.9 Å². The number of hydrogen-bond donors (Lipinski definition) is 2. The van der Waals surface area contributed by atoms with E-state index in [1.54, 1.807) is 7.11 Å². The molecule has 1 aromatic rings. The van der Waals surface area contributed by atoms with Crippen molar-refractivity contribution in [1.29, 1.82) is 0 Å². The van der Waals surface area contributed by atoms with E-state index in [4.69, 9.17) is 9.47 Å². The van der Waals surface area contributed by atoms with Gasteiger partial charge >= 0.3 is 0 Å². The zero-order chi connectivity index (χ0) is 21.8. The van der Waals surface area contributed by atoms with Gasteiger partial charge in [0.2, 0.25) is 5.91 Å². The molecule has 0 radical (unpaired) electrons. The number of guanidine groups is 1. The molecule has 2 N–H and O–H groups in total. The zero-order valence-electron chi connectivity index (χ0n) is 19.0. The molecule has 1 aromatic carbocycles. The highest BCUT2D eigenvalue weighted by Crippen LogP contribution is 2.32. The number of benzene rings is 1. The van der Waals surface area contributed by atoms with Crippen LogP contribution in [0.15, 0.2) is 23.2 Å². The van der Waals surface area contributed by atoms with Gasteiger partial charge < -0.3 is 25.0 Å². The molecular formula is C23H38N4O3. The predicted octanol–water partition coefficient (Wildman–Crippen LogP) is 3.33. The molecule has 1 fully saturated rings. The van der Waals surface area contributed by atoms with Crippen LogP contribution in [0.4, 0.5) is 0 Å². The number of nitrogens with zero attached hydrogens (tertiary/aromatic N) is 2. The SMILES string of the molecule is CCNC(=NCc1ccc(OC)c(OC2CCCC2)c1)NCCC(=O)N(CC)CC. The summed E-state index contributed by atoms with van der Waals surface area (Å²) < 4.78 is 11.6. The Labute approximate surface area is 181 Å². The molecule has 1 amide bonds. The van der Waals surface area contributed by atoms with Crippen molar-refractivity contribution < 1.29 is 14.3 Å². The Balaban J connectivity index is 1.96. The number of amides is 1. The van der Waals surface area contributed by atoms with Crippen LogP contribution in [0.2, 0.25) is 0 Å². The fraction of sp³-hybridized carbons (Fsp3) is 0.652. The third-order valence-electron chi connectivity index (χ3n) is 5.34. The van der Waals surface area contributed by atoms with Crippen LogP contribution in [0, 0.1) is 0 Å². The van der Waals surface area contributed by atoms with E-state index < -0.39 is 0 Å². The van der Waals surface area contributed by atoms with Crippen LogP contribution in [0.5, 0.6) is 11.5 Å². The lowest BCUT2D eigenvalue weighted by atomic mass is 10.2. The topological polar surface area (TPSA) is 75.2 Å². The van der Waals surface area contributed by atoms with Gasteiger partial charge in [-0.05, 0) is 64.2 Å². The zero-order valence-corrected chi connectivity index (χ0v) is 19.0. The molecule has 1 aliphatic carbocycles. The van der Waals surface area contributed by atoms with Crippen LogP contribution in [0.3, 0.4) is 0 Å². The van der Waals surface area contributed by atoms with Gasteiger partial charge in [0.05, 0.1) is 19.8 Å². The van der Waals surface area contributed by atoms with E-state index in [2.05, 4.69) is 15.6 Å². The Morgan fingerprint density at radius 3 is 2.50 bits per heavy atom. The summed E-state index contributed by atoms with van der Waals surface area (Å²) in [5.74, 6) is 2.42. The van der Waals surface area contributed by atoms with Crippen molar-refractivity contribution in [3.63, 3.8) is 0 Å². The predicted molar refractivity (Wildman–Crippen MR) is 121 cm³/mol. The van der Waals surface area contributed by atoms with Crippen LogP contribution in [-0.4, -0.2) is 56.2 Å². The number of ether oxygens (including phenoxy) is 2. The van der Waals surface area contributed by atoms with E-state index in [-0.39, 0.29) is 12.0 Å². The monoisotopic (exact) mass is 418 g/mol. The van der Waals surface area contributed by atoms with Crippen molar-refractivity contribution in [2.45, 2.75) is 65.5 Å². The molecule has 7 heteroatoms. The Kier molecular flexibility index (Phi) is 10.3. The minimum Gasteiger partial charge on any atom is -0.493 e. The molecule has 30 heavy (non-hydrogen) atoms. The smallest absolute Gasteiger partial charge is 0.224 e. The number of aliphatic imine (C=N–C) groups is 1. The van der Waals surface area contributed by atoms with Gasteiger partial charge in [-0.15, -0.1) is 0 Å². The van der Waals surface area contributed by atoms with Crippen molar-refractivity contribution in [3.8, 4) is 11.5 Å². The first-order valence-corrected chi connectivity index (χ1v) is 11.2. The van der Waals surface area contributed by atoms with E-state index in [1.807, 2.05) is 43.9 Å². The molecule has 0 atom stereocenters. The number of methoxy groups -OCH3 is 1. The molecule has 0 spiro atoms. The Morgan fingerprint density at radius 2 is 1.87 bits per heavy atom. The van der Waals surface area contributed by atoms with Crippen LogP contribution in [-0.2, 0) is 11.3 Å². The summed E-state index contributed by atoms with van der Waals surface area (Å²) in [4.78, 5) is 18.7. The van der Waals surface area contributed by atoms with E-state index in [0.29, 0.717) is 25.5 Å². The standard InChI is InChI=1S/C23H38N4O3/c1-5-24-23(25-15-14-22(28)27(6-2)7-3)26-17-18-12-13-20(29-4)21(16-18)30-19-10-8-9-11-19/h12-13,16,19H,5-11,14-15,17H2,1-4H3,(H2,24,25,26). The van der Waals surface area contributed by atoms with Gasteiger partial charge in [-0.25, -0.2) is 4.99 Å². The molecule has 0 heterocycles. The summed E-state index contributed by atoms with van der Waals surface area (Å²) in [5.41, 5.74) is 1.06. The van der Waals surface area contributed by atoms with Gasteiger partial charge in [0.15, 0.2) is 17.5 Å². The minimum absolute atomic E-state index is 0.159. The molecular weight excluding hydrogens is 380 g/mol. The number of carbonyl (C=O) groups is 1. The van der Waals surface area contributed by atoms with Crippen molar-refractivity contribution in [1.82, 2.24) is 15.5 Å².